The molecule has 2 heterocycles. The highest BCUT2D eigenvalue weighted by Gasteiger charge is 2.42. The number of likely N-dealkylation sites (N-methyl/N-ethyl adjacent to an activating group) is 1. The molecular formula is C22H23NO7. The molecule has 8 nitrogen and oxygen atoms in total. The first kappa shape index (κ1) is 21.0. The summed E-state index contributed by atoms with van der Waals surface area (Å²) in [5.41, 5.74) is 0.512. The zero-order valence-corrected chi connectivity index (χ0v) is 17.2. The van der Waals surface area contributed by atoms with Crippen LogP contribution in [0.4, 0.5) is 0 Å². The van der Waals surface area contributed by atoms with Gasteiger partial charge in [0.25, 0.3) is 5.91 Å². The molecule has 1 aromatic heterocycles. The monoisotopic (exact) mass is 413 g/mol. The van der Waals surface area contributed by atoms with Crippen molar-refractivity contribution in [3.63, 3.8) is 0 Å². The maximum Gasteiger partial charge on any atom is 0.290 e. The van der Waals surface area contributed by atoms with Gasteiger partial charge in [0.2, 0.25) is 5.75 Å². The van der Waals surface area contributed by atoms with Gasteiger partial charge in [-0.15, -0.1) is 0 Å². The molecule has 1 N–H and O–H groups in total. The van der Waals surface area contributed by atoms with Crippen molar-refractivity contribution in [1.29, 1.82) is 0 Å². The zero-order chi connectivity index (χ0) is 21.8. The number of allylic oxidation sites excluding steroid dienone is 1. The lowest BCUT2D eigenvalue weighted by atomic mass is 9.95. The molecule has 1 amide bonds. The standard InChI is InChI=1S/C22H23NO7/c1-5-23-19(13-11-16(27-2)21(29-4)17(12-13)28-3)18(20(25)22(23)26)15(24)9-8-14-7-6-10-30-14/h6-12,19,25H,5H2,1-4H3/b9-8+. The fourth-order valence-corrected chi connectivity index (χ4v) is 3.47. The predicted molar refractivity (Wildman–Crippen MR) is 109 cm³/mol. The van der Waals surface area contributed by atoms with Gasteiger partial charge >= 0.3 is 0 Å². The lowest BCUT2D eigenvalue weighted by molar-refractivity contribution is -0.129. The molecule has 1 atom stereocenters. The molecule has 8 heteroatoms. The number of ether oxygens (including phenoxy) is 3. The number of amides is 1. The Morgan fingerprint density at radius 2 is 1.87 bits per heavy atom. The Morgan fingerprint density at radius 1 is 1.20 bits per heavy atom. The summed E-state index contributed by atoms with van der Waals surface area (Å²) in [7, 11) is 4.44. The lowest BCUT2D eigenvalue weighted by Gasteiger charge is -2.26. The first-order valence-electron chi connectivity index (χ1n) is 9.26. The van der Waals surface area contributed by atoms with Gasteiger partial charge in [-0.1, -0.05) is 0 Å². The van der Waals surface area contributed by atoms with Gasteiger partial charge in [-0.25, -0.2) is 0 Å². The number of nitrogens with zero attached hydrogens (tertiary/aromatic N) is 1. The average molecular weight is 413 g/mol. The van der Waals surface area contributed by atoms with E-state index in [-0.39, 0.29) is 12.1 Å². The number of hydrogen-bond acceptors (Lipinski definition) is 7. The SMILES string of the molecule is CCN1C(=O)C(O)=C(C(=O)/C=C/c2ccco2)C1c1cc(OC)c(OC)c(OC)c1. The number of hydrogen-bond donors (Lipinski definition) is 1. The Morgan fingerprint density at radius 3 is 2.37 bits per heavy atom. The van der Waals surface area contributed by atoms with E-state index in [1.54, 1.807) is 31.2 Å². The van der Waals surface area contributed by atoms with E-state index in [4.69, 9.17) is 18.6 Å². The van der Waals surface area contributed by atoms with Crippen LogP contribution in [0.1, 0.15) is 24.3 Å². The van der Waals surface area contributed by atoms with Crippen LogP contribution in [0.5, 0.6) is 17.2 Å². The largest absolute Gasteiger partial charge is 0.503 e. The van der Waals surface area contributed by atoms with Crippen LogP contribution in [-0.4, -0.2) is 49.6 Å². The predicted octanol–water partition coefficient (Wildman–Crippen LogP) is 3.30. The number of ketones is 1. The number of carbonyl (C=O) groups excluding carboxylic acids is 2. The van der Waals surface area contributed by atoms with E-state index in [1.807, 2.05) is 0 Å². The molecular weight excluding hydrogens is 390 g/mol. The van der Waals surface area contributed by atoms with E-state index >= 15 is 0 Å². The molecule has 1 unspecified atom stereocenters. The van der Waals surface area contributed by atoms with Crippen molar-refractivity contribution in [2.24, 2.45) is 0 Å². The quantitative estimate of drug-likeness (QED) is 0.663. The average Bonchev–Trinajstić information content (AvgIpc) is 3.37. The number of rotatable bonds is 8. The molecule has 158 valence electrons. The fraction of sp³-hybridized carbons (Fsp3) is 0.273. The minimum Gasteiger partial charge on any atom is -0.503 e. The van der Waals surface area contributed by atoms with Crippen molar-refractivity contribution in [2.45, 2.75) is 13.0 Å². The van der Waals surface area contributed by atoms with E-state index in [9.17, 15) is 14.7 Å². The van der Waals surface area contributed by atoms with Crippen LogP contribution in [0.25, 0.3) is 6.08 Å². The second kappa shape index (κ2) is 8.77. The van der Waals surface area contributed by atoms with Crippen molar-refractivity contribution in [3.05, 3.63) is 59.3 Å². The van der Waals surface area contributed by atoms with Crippen LogP contribution in [0.15, 0.2) is 52.4 Å². The smallest absolute Gasteiger partial charge is 0.290 e. The van der Waals surface area contributed by atoms with Gasteiger partial charge < -0.3 is 28.6 Å². The summed E-state index contributed by atoms with van der Waals surface area (Å²) >= 11 is 0. The summed E-state index contributed by atoms with van der Waals surface area (Å²) < 4.78 is 21.3. The summed E-state index contributed by atoms with van der Waals surface area (Å²) in [6.45, 7) is 2.05. The Bertz CT molecular complexity index is 979. The van der Waals surface area contributed by atoms with Crippen molar-refractivity contribution < 1.29 is 33.3 Å². The zero-order valence-electron chi connectivity index (χ0n) is 17.2. The minimum atomic E-state index is -0.815. The second-order valence-corrected chi connectivity index (χ2v) is 6.43. The highest BCUT2D eigenvalue weighted by atomic mass is 16.5. The molecule has 0 saturated heterocycles. The lowest BCUT2D eigenvalue weighted by Crippen LogP contribution is -2.30. The number of carbonyl (C=O) groups is 2. The van der Waals surface area contributed by atoms with Crippen molar-refractivity contribution >= 4 is 17.8 Å². The van der Waals surface area contributed by atoms with Gasteiger partial charge in [-0.3, -0.25) is 9.59 Å². The molecule has 0 fully saturated rings. The molecule has 1 aliphatic rings. The number of methoxy groups -OCH3 is 3. The van der Waals surface area contributed by atoms with E-state index < -0.39 is 23.5 Å². The molecule has 0 bridgehead atoms. The summed E-state index contributed by atoms with van der Waals surface area (Å²) in [6.07, 6.45) is 4.23. The van der Waals surface area contributed by atoms with Crippen LogP contribution in [0.2, 0.25) is 0 Å². The van der Waals surface area contributed by atoms with Crippen LogP contribution < -0.4 is 14.2 Å². The Labute approximate surface area is 173 Å². The Kier molecular flexibility index (Phi) is 6.15. The first-order valence-corrected chi connectivity index (χ1v) is 9.26. The number of furan rings is 1. The number of aliphatic hydroxyl groups excluding tert-OH is 1. The van der Waals surface area contributed by atoms with Gasteiger partial charge in [0, 0.05) is 6.54 Å². The van der Waals surface area contributed by atoms with Crippen molar-refractivity contribution in [2.75, 3.05) is 27.9 Å². The van der Waals surface area contributed by atoms with Gasteiger partial charge in [-0.2, -0.15) is 0 Å². The topological polar surface area (TPSA) is 98.4 Å². The summed E-state index contributed by atoms with van der Waals surface area (Å²) in [5, 5.41) is 10.5. The van der Waals surface area contributed by atoms with E-state index in [0.29, 0.717) is 28.6 Å². The maximum absolute atomic E-state index is 13.0. The van der Waals surface area contributed by atoms with Crippen molar-refractivity contribution in [3.8, 4) is 17.2 Å². The summed E-state index contributed by atoms with van der Waals surface area (Å²) in [6, 6.07) is 5.88. The molecule has 1 aromatic carbocycles. The molecule has 2 aromatic rings. The normalized spacial score (nSPS) is 16.5. The second-order valence-electron chi connectivity index (χ2n) is 6.43. The van der Waals surface area contributed by atoms with Gasteiger partial charge in [0.1, 0.15) is 5.76 Å². The fourth-order valence-electron chi connectivity index (χ4n) is 3.47. The summed E-state index contributed by atoms with van der Waals surface area (Å²) in [4.78, 5) is 27.0. The molecule has 0 spiro atoms. The molecule has 0 aliphatic carbocycles. The molecule has 30 heavy (non-hydrogen) atoms. The number of benzene rings is 1. The third-order valence-corrected chi connectivity index (χ3v) is 4.85. The van der Waals surface area contributed by atoms with Crippen LogP contribution in [0.3, 0.4) is 0 Å². The first-order chi connectivity index (χ1) is 14.5. The van der Waals surface area contributed by atoms with Crippen LogP contribution >= 0.6 is 0 Å². The Balaban J connectivity index is 2.10. The van der Waals surface area contributed by atoms with Gasteiger partial charge in [0.15, 0.2) is 23.0 Å². The van der Waals surface area contributed by atoms with E-state index in [1.165, 1.54) is 44.6 Å². The third kappa shape index (κ3) is 3.63. The van der Waals surface area contributed by atoms with Gasteiger partial charge in [-0.05, 0) is 48.9 Å². The highest BCUT2D eigenvalue weighted by Crippen LogP contribution is 2.45. The number of aliphatic hydroxyl groups is 1. The maximum atomic E-state index is 13.0. The molecule has 0 radical (unpaired) electrons. The third-order valence-electron chi connectivity index (χ3n) is 4.85. The molecule has 1 aliphatic heterocycles. The highest BCUT2D eigenvalue weighted by molar-refractivity contribution is 6.14. The summed E-state index contributed by atoms with van der Waals surface area (Å²) in [5.74, 6) is -0.0960. The molecule has 0 saturated carbocycles. The van der Waals surface area contributed by atoms with E-state index in [0.717, 1.165) is 0 Å². The molecule has 3 rings (SSSR count). The van der Waals surface area contributed by atoms with Crippen LogP contribution in [-0.2, 0) is 9.59 Å². The van der Waals surface area contributed by atoms with Crippen molar-refractivity contribution in [1.82, 2.24) is 4.90 Å². The van der Waals surface area contributed by atoms with Gasteiger partial charge in [0.05, 0.1) is 39.2 Å². The van der Waals surface area contributed by atoms with Crippen LogP contribution in [0, 0.1) is 0 Å². The minimum absolute atomic E-state index is 0.0288. The van der Waals surface area contributed by atoms with E-state index in [2.05, 4.69) is 0 Å². The Hall–Kier alpha value is -3.68.